The predicted octanol–water partition coefficient (Wildman–Crippen LogP) is 5.11. The summed E-state index contributed by atoms with van der Waals surface area (Å²) in [4.78, 5) is 22.4. The highest BCUT2D eigenvalue weighted by Gasteiger charge is 2.16. The Labute approximate surface area is 143 Å². The van der Waals surface area contributed by atoms with Crippen molar-refractivity contribution in [3.63, 3.8) is 0 Å². The Morgan fingerprint density at radius 2 is 1.26 bits per heavy atom. The highest BCUT2D eigenvalue weighted by atomic mass is 16.1. The molecule has 0 aromatic carbocycles. The number of nitrogens with two attached hydrogens (primary N) is 1. The van der Waals surface area contributed by atoms with E-state index >= 15 is 0 Å². The van der Waals surface area contributed by atoms with Crippen LogP contribution in [0.2, 0.25) is 0 Å². The molecule has 0 aromatic rings. The molecular weight excluding hydrogens is 286 g/mol. The molecule has 0 aliphatic heterocycles. The van der Waals surface area contributed by atoms with E-state index in [-0.39, 0.29) is 5.78 Å². The van der Waals surface area contributed by atoms with Gasteiger partial charge in [-0.15, -0.1) is 0 Å². The Bertz CT molecular complexity index is 279. The molecule has 0 fully saturated rings. The molecule has 0 aromatic heterocycles. The zero-order valence-corrected chi connectivity index (χ0v) is 15.3. The maximum absolute atomic E-state index is 11.7. The highest BCUT2D eigenvalue weighted by Crippen LogP contribution is 2.14. The molecule has 3 heteroatoms. The molecule has 0 heterocycles. The molecule has 0 saturated carbocycles. The van der Waals surface area contributed by atoms with E-state index in [0.717, 1.165) is 12.8 Å². The first-order valence-electron chi connectivity index (χ1n) is 9.86. The Morgan fingerprint density at radius 3 is 1.65 bits per heavy atom. The van der Waals surface area contributed by atoms with E-state index in [1.165, 1.54) is 70.6 Å². The van der Waals surface area contributed by atoms with Crippen LogP contribution in [0.1, 0.15) is 103 Å². The topological polar surface area (TPSA) is 60.2 Å². The minimum absolute atomic E-state index is 0.0218. The number of unbranched alkanes of at least 4 members (excludes halogenated alkanes) is 12. The van der Waals surface area contributed by atoms with Crippen LogP contribution in [-0.4, -0.2) is 18.6 Å². The van der Waals surface area contributed by atoms with E-state index in [9.17, 15) is 9.59 Å². The van der Waals surface area contributed by atoms with Crippen LogP contribution < -0.4 is 5.73 Å². The second-order valence-corrected chi connectivity index (χ2v) is 6.71. The van der Waals surface area contributed by atoms with Gasteiger partial charge in [-0.2, -0.15) is 0 Å². The van der Waals surface area contributed by atoms with Gasteiger partial charge in [-0.05, 0) is 19.4 Å². The third-order valence-corrected chi connectivity index (χ3v) is 4.51. The fraction of sp³-hybridized carbons (Fsp3) is 0.900. The van der Waals surface area contributed by atoms with E-state index in [1.807, 2.05) is 6.29 Å². The predicted molar refractivity (Wildman–Crippen MR) is 98.2 cm³/mol. The Morgan fingerprint density at radius 1 is 0.826 bits per heavy atom. The molecule has 0 saturated heterocycles. The van der Waals surface area contributed by atoms with Gasteiger partial charge in [0.15, 0.2) is 0 Å². The van der Waals surface area contributed by atoms with Crippen LogP contribution >= 0.6 is 0 Å². The van der Waals surface area contributed by atoms with Crippen LogP contribution in [0.15, 0.2) is 0 Å². The highest BCUT2D eigenvalue weighted by molar-refractivity contribution is 5.93. The van der Waals surface area contributed by atoms with Crippen molar-refractivity contribution in [1.29, 1.82) is 0 Å². The largest absolute Gasteiger partial charge is 0.330 e. The van der Waals surface area contributed by atoms with Gasteiger partial charge < -0.3 is 5.73 Å². The third-order valence-electron chi connectivity index (χ3n) is 4.51. The Hall–Kier alpha value is -0.700. The van der Waals surface area contributed by atoms with Crippen molar-refractivity contribution in [1.82, 2.24) is 0 Å². The summed E-state index contributed by atoms with van der Waals surface area (Å²) in [5.74, 6) is -0.564. The smallest absolute Gasteiger partial charge is 0.209 e. The fourth-order valence-electron chi connectivity index (χ4n) is 2.94. The molecule has 1 unspecified atom stereocenters. The second kappa shape index (κ2) is 17.7. The molecule has 0 spiro atoms. The van der Waals surface area contributed by atoms with Gasteiger partial charge in [0.05, 0.1) is 5.92 Å². The van der Waals surface area contributed by atoms with Gasteiger partial charge >= 0.3 is 0 Å². The van der Waals surface area contributed by atoms with Crippen LogP contribution in [0.3, 0.4) is 0 Å². The lowest BCUT2D eigenvalue weighted by Crippen LogP contribution is -2.19. The van der Waals surface area contributed by atoms with Crippen molar-refractivity contribution in [2.75, 3.05) is 6.54 Å². The summed E-state index contributed by atoms with van der Waals surface area (Å²) in [6.07, 6.45) is 19.6. The van der Waals surface area contributed by atoms with E-state index in [4.69, 9.17) is 5.73 Å². The number of hydrogen-bond acceptors (Lipinski definition) is 3. The standard InChI is InChI=1S/C20H38NO2/c1-2-3-4-5-6-7-8-9-10-11-12-13-14-15-20(23)19(18-22)16-17-21/h19H,2-17,21H2,1H3. The van der Waals surface area contributed by atoms with Crippen molar-refractivity contribution in [3.8, 4) is 0 Å². The third kappa shape index (κ3) is 14.6. The van der Waals surface area contributed by atoms with Crippen LogP contribution in [0.25, 0.3) is 0 Å². The minimum atomic E-state index is -0.586. The van der Waals surface area contributed by atoms with Crippen LogP contribution in [0.4, 0.5) is 0 Å². The average Bonchev–Trinajstić information content (AvgIpc) is 2.56. The first kappa shape index (κ1) is 22.3. The summed E-state index contributed by atoms with van der Waals surface area (Å²) in [6, 6.07) is 0. The lowest BCUT2D eigenvalue weighted by atomic mass is 9.97. The SMILES string of the molecule is CCCCCCCCCCCCCCCC(=O)C([C]=O)CCN. The average molecular weight is 325 g/mol. The maximum atomic E-state index is 11.7. The van der Waals surface area contributed by atoms with Gasteiger partial charge in [-0.1, -0.05) is 84.0 Å². The zero-order chi connectivity index (χ0) is 17.2. The van der Waals surface area contributed by atoms with Gasteiger partial charge in [0, 0.05) is 6.42 Å². The lowest BCUT2D eigenvalue weighted by molar-refractivity contribution is -0.121. The maximum Gasteiger partial charge on any atom is 0.209 e. The van der Waals surface area contributed by atoms with Gasteiger partial charge in [0.1, 0.15) is 5.78 Å². The molecule has 0 bridgehead atoms. The lowest BCUT2D eigenvalue weighted by Gasteiger charge is -2.06. The molecule has 0 rings (SSSR count). The molecule has 135 valence electrons. The monoisotopic (exact) mass is 324 g/mol. The van der Waals surface area contributed by atoms with E-state index in [2.05, 4.69) is 6.92 Å². The quantitative estimate of drug-likeness (QED) is 0.281. The molecule has 1 radical (unpaired) electrons. The van der Waals surface area contributed by atoms with Gasteiger partial charge in [-0.25, -0.2) is 0 Å². The molecule has 2 N–H and O–H groups in total. The summed E-state index contributed by atoms with van der Waals surface area (Å²) >= 11 is 0. The molecule has 3 nitrogen and oxygen atoms in total. The van der Waals surface area contributed by atoms with Crippen LogP contribution in [-0.2, 0) is 9.59 Å². The molecule has 0 aliphatic carbocycles. The Kier molecular flexibility index (Phi) is 17.1. The van der Waals surface area contributed by atoms with Crippen molar-refractivity contribution < 1.29 is 9.59 Å². The van der Waals surface area contributed by atoms with E-state index in [0.29, 0.717) is 19.4 Å². The van der Waals surface area contributed by atoms with Crippen molar-refractivity contribution in [3.05, 3.63) is 0 Å². The summed E-state index contributed by atoms with van der Waals surface area (Å²) < 4.78 is 0. The van der Waals surface area contributed by atoms with Crippen molar-refractivity contribution >= 4 is 12.1 Å². The number of ketones is 1. The number of hydrogen-bond donors (Lipinski definition) is 1. The van der Waals surface area contributed by atoms with Crippen LogP contribution in [0, 0.1) is 5.92 Å². The van der Waals surface area contributed by atoms with Crippen molar-refractivity contribution in [2.24, 2.45) is 11.7 Å². The number of carbonyl (C=O) groups excluding carboxylic acids is 2. The number of rotatable bonds is 18. The summed E-state index contributed by atoms with van der Waals surface area (Å²) in [5, 5.41) is 0. The summed E-state index contributed by atoms with van der Waals surface area (Å²) in [6.45, 7) is 2.64. The fourth-order valence-corrected chi connectivity index (χ4v) is 2.94. The van der Waals surface area contributed by atoms with E-state index < -0.39 is 5.92 Å². The zero-order valence-electron chi connectivity index (χ0n) is 15.3. The molecule has 0 aliphatic rings. The summed E-state index contributed by atoms with van der Waals surface area (Å²) in [7, 11) is 0. The molecule has 0 amide bonds. The summed E-state index contributed by atoms with van der Waals surface area (Å²) in [5.41, 5.74) is 5.39. The van der Waals surface area contributed by atoms with Gasteiger partial charge in [0.25, 0.3) is 0 Å². The normalized spacial score (nSPS) is 12.3. The van der Waals surface area contributed by atoms with E-state index in [1.54, 1.807) is 0 Å². The molecule has 1 atom stereocenters. The number of carbonyl (C=O) groups is 1. The number of Topliss-reactive ketones (excluding diaryl/α,β-unsaturated/α-hetero) is 1. The second-order valence-electron chi connectivity index (χ2n) is 6.71. The molecular formula is C20H38NO2. The van der Waals surface area contributed by atoms with Crippen molar-refractivity contribution in [2.45, 2.75) is 103 Å². The van der Waals surface area contributed by atoms with Gasteiger partial charge in [-0.3, -0.25) is 9.59 Å². The first-order valence-corrected chi connectivity index (χ1v) is 9.86. The minimum Gasteiger partial charge on any atom is -0.330 e. The van der Waals surface area contributed by atoms with Gasteiger partial charge in [0.2, 0.25) is 6.29 Å². The van der Waals surface area contributed by atoms with Crippen LogP contribution in [0.5, 0.6) is 0 Å². The first-order chi connectivity index (χ1) is 11.3. The Balaban J connectivity index is 3.27. The molecule has 23 heavy (non-hydrogen) atoms.